The molecule has 1 saturated carbocycles. The van der Waals surface area contributed by atoms with Crippen molar-refractivity contribution >= 4 is 17.3 Å². The Balaban J connectivity index is 1.37. The third-order valence-corrected chi connectivity index (χ3v) is 5.84. The first-order valence-corrected chi connectivity index (χ1v) is 10.1. The van der Waals surface area contributed by atoms with Crippen molar-refractivity contribution in [3.8, 4) is 0 Å². The summed E-state index contributed by atoms with van der Waals surface area (Å²) in [5.74, 6) is 0.497. The third-order valence-electron chi connectivity index (χ3n) is 5.84. The average molecular weight is 366 g/mol. The van der Waals surface area contributed by atoms with Crippen LogP contribution in [-0.4, -0.2) is 12.5 Å². The highest BCUT2D eigenvalue weighted by Crippen LogP contribution is 2.32. The first-order valence-electron chi connectivity index (χ1n) is 10.1. The summed E-state index contributed by atoms with van der Waals surface area (Å²) in [5.41, 5.74) is 4.49. The van der Waals surface area contributed by atoms with E-state index in [9.17, 15) is 9.18 Å². The second-order valence-corrected chi connectivity index (χ2v) is 7.90. The molecule has 0 aromatic heterocycles. The van der Waals surface area contributed by atoms with Crippen molar-refractivity contribution in [2.45, 2.75) is 51.5 Å². The highest BCUT2D eigenvalue weighted by Gasteiger charge is 2.21. The van der Waals surface area contributed by atoms with Gasteiger partial charge in [-0.2, -0.15) is 0 Å². The molecular weight excluding hydrogens is 339 g/mol. The normalized spacial score (nSPS) is 17.0. The SMILES string of the molecule is O=C(CC1CCCCC1)Nc1ccc2c(c1)CCN2Cc1ccc(F)cc1. The van der Waals surface area contributed by atoms with E-state index in [1.807, 2.05) is 18.2 Å². The molecule has 4 heteroatoms. The van der Waals surface area contributed by atoms with Gasteiger partial charge in [-0.3, -0.25) is 4.79 Å². The molecule has 1 heterocycles. The molecule has 1 aliphatic carbocycles. The fourth-order valence-corrected chi connectivity index (χ4v) is 4.39. The van der Waals surface area contributed by atoms with Crippen LogP contribution in [0.4, 0.5) is 15.8 Å². The molecule has 142 valence electrons. The number of rotatable bonds is 5. The zero-order valence-corrected chi connectivity index (χ0v) is 15.7. The Morgan fingerprint density at radius 2 is 1.85 bits per heavy atom. The number of carbonyl (C=O) groups excluding carboxylic acids is 1. The Hall–Kier alpha value is -2.36. The number of fused-ring (bicyclic) bond motifs is 1. The minimum absolute atomic E-state index is 0.142. The predicted octanol–water partition coefficient (Wildman–Crippen LogP) is 5.30. The van der Waals surface area contributed by atoms with Crippen LogP contribution < -0.4 is 10.2 Å². The molecule has 0 atom stereocenters. The zero-order valence-electron chi connectivity index (χ0n) is 15.7. The van der Waals surface area contributed by atoms with Crippen LogP contribution in [0.1, 0.15) is 49.7 Å². The third kappa shape index (κ3) is 4.49. The minimum Gasteiger partial charge on any atom is -0.367 e. The largest absolute Gasteiger partial charge is 0.367 e. The second kappa shape index (κ2) is 8.12. The Kier molecular flexibility index (Phi) is 5.42. The summed E-state index contributed by atoms with van der Waals surface area (Å²) in [7, 11) is 0. The maximum absolute atomic E-state index is 13.1. The first-order chi connectivity index (χ1) is 13.2. The Bertz CT molecular complexity index is 797. The number of amides is 1. The van der Waals surface area contributed by atoms with Crippen molar-refractivity contribution in [1.82, 2.24) is 0 Å². The molecule has 2 aromatic rings. The van der Waals surface area contributed by atoms with Crippen LogP contribution in [0.5, 0.6) is 0 Å². The topological polar surface area (TPSA) is 32.3 Å². The molecule has 2 aromatic carbocycles. The number of hydrogen-bond donors (Lipinski definition) is 1. The summed E-state index contributed by atoms with van der Waals surface area (Å²) in [6.45, 7) is 1.73. The van der Waals surface area contributed by atoms with E-state index in [0.717, 1.165) is 30.8 Å². The molecule has 3 nitrogen and oxygen atoms in total. The number of halogens is 1. The Labute approximate surface area is 160 Å². The van der Waals surface area contributed by atoms with Crippen LogP contribution in [-0.2, 0) is 17.8 Å². The quantitative estimate of drug-likeness (QED) is 0.779. The van der Waals surface area contributed by atoms with Gasteiger partial charge >= 0.3 is 0 Å². The van der Waals surface area contributed by atoms with Crippen molar-refractivity contribution in [2.75, 3.05) is 16.8 Å². The molecule has 2 aliphatic rings. The van der Waals surface area contributed by atoms with Crippen molar-refractivity contribution in [3.63, 3.8) is 0 Å². The maximum atomic E-state index is 13.1. The molecule has 0 radical (unpaired) electrons. The Morgan fingerprint density at radius 1 is 1.07 bits per heavy atom. The predicted molar refractivity (Wildman–Crippen MR) is 107 cm³/mol. The fourth-order valence-electron chi connectivity index (χ4n) is 4.39. The van der Waals surface area contributed by atoms with Crippen molar-refractivity contribution in [2.24, 2.45) is 5.92 Å². The van der Waals surface area contributed by atoms with E-state index in [-0.39, 0.29) is 11.7 Å². The van der Waals surface area contributed by atoms with E-state index in [4.69, 9.17) is 0 Å². The number of benzene rings is 2. The summed E-state index contributed by atoms with van der Waals surface area (Å²) < 4.78 is 13.1. The van der Waals surface area contributed by atoms with Crippen LogP contribution in [0.15, 0.2) is 42.5 Å². The van der Waals surface area contributed by atoms with Gasteiger partial charge in [-0.1, -0.05) is 31.4 Å². The highest BCUT2D eigenvalue weighted by molar-refractivity contribution is 5.91. The van der Waals surface area contributed by atoms with E-state index in [1.54, 1.807) is 0 Å². The van der Waals surface area contributed by atoms with Gasteiger partial charge in [0.05, 0.1) is 0 Å². The lowest BCUT2D eigenvalue weighted by Gasteiger charge is -2.21. The van der Waals surface area contributed by atoms with Crippen LogP contribution >= 0.6 is 0 Å². The molecule has 1 fully saturated rings. The zero-order chi connectivity index (χ0) is 18.6. The second-order valence-electron chi connectivity index (χ2n) is 7.90. The maximum Gasteiger partial charge on any atom is 0.224 e. The molecule has 4 rings (SSSR count). The monoisotopic (exact) mass is 366 g/mol. The molecule has 1 N–H and O–H groups in total. The summed E-state index contributed by atoms with van der Waals surface area (Å²) in [6.07, 6.45) is 7.85. The number of anilines is 2. The summed E-state index contributed by atoms with van der Waals surface area (Å²) in [4.78, 5) is 14.7. The lowest BCUT2D eigenvalue weighted by molar-refractivity contribution is -0.117. The van der Waals surface area contributed by atoms with Crippen LogP contribution in [0.3, 0.4) is 0 Å². The van der Waals surface area contributed by atoms with Crippen molar-refractivity contribution in [1.29, 1.82) is 0 Å². The standard InChI is InChI=1S/C23H27FN2O/c24-20-8-6-18(7-9-20)16-26-13-12-19-15-21(10-11-22(19)26)25-23(27)14-17-4-2-1-3-5-17/h6-11,15,17H,1-5,12-14,16H2,(H,25,27). The molecule has 0 unspecified atom stereocenters. The molecule has 1 amide bonds. The van der Waals surface area contributed by atoms with Gasteiger partial charge in [-0.05, 0) is 66.6 Å². The molecule has 27 heavy (non-hydrogen) atoms. The average Bonchev–Trinajstić information content (AvgIpc) is 3.06. The van der Waals surface area contributed by atoms with E-state index in [0.29, 0.717) is 12.3 Å². The molecule has 0 saturated heterocycles. The van der Waals surface area contributed by atoms with Gasteiger partial charge < -0.3 is 10.2 Å². The van der Waals surface area contributed by atoms with Gasteiger partial charge in [0.25, 0.3) is 0 Å². The van der Waals surface area contributed by atoms with Gasteiger partial charge in [0.1, 0.15) is 5.82 Å². The van der Waals surface area contributed by atoms with E-state index in [1.165, 1.54) is 55.5 Å². The van der Waals surface area contributed by atoms with Crippen LogP contribution in [0, 0.1) is 11.7 Å². The van der Waals surface area contributed by atoms with Crippen LogP contribution in [0.2, 0.25) is 0 Å². The Morgan fingerprint density at radius 3 is 2.63 bits per heavy atom. The van der Waals surface area contributed by atoms with Gasteiger partial charge in [-0.15, -0.1) is 0 Å². The molecular formula is C23H27FN2O. The lowest BCUT2D eigenvalue weighted by Crippen LogP contribution is -2.19. The lowest BCUT2D eigenvalue weighted by atomic mass is 9.87. The molecule has 0 bridgehead atoms. The van der Waals surface area contributed by atoms with Gasteiger partial charge in [0.2, 0.25) is 5.91 Å². The highest BCUT2D eigenvalue weighted by atomic mass is 19.1. The number of carbonyl (C=O) groups is 1. The minimum atomic E-state index is -0.200. The van der Waals surface area contributed by atoms with Gasteiger partial charge in [0, 0.05) is 30.9 Å². The van der Waals surface area contributed by atoms with Gasteiger partial charge in [-0.25, -0.2) is 4.39 Å². The van der Waals surface area contributed by atoms with Crippen molar-refractivity contribution in [3.05, 3.63) is 59.4 Å². The summed E-state index contributed by atoms with van der Waals surface area (Å²) in [6, 6.07) is 12.9. The van der Waals surface area contributed by atoms with E-state index >= 15 is 0 Å². The van der Waals surface area contributed by atoms with Crippen molar-refractivity contribution < 1.29 is 9.18 Å². The molecule has 1 aliphatic heterocycles. The number of nitrogens with one attached hydrogen (secondary N) is 1. The number of hydrogen-bond acceptors (Lipinski definition) is 2. The van der Waals surface area contributed by atoms with E-state index in [2.05, 4.69) is 22.3 Å². The fraction of sp³-hybridized carbons (Fsp3) is 0.435. The molecule has 0 spiro atoms. The van der Waals surface area contributed by atoms with Gasteiger partial charge in [0.15, 0.2) is 0 Å². The van der Waals surface area contributed by atoms with E-state index < -0.39 is 0 Å². The van der Waals surface area contributed by atoms with Crippen LogP contribution in [0.25, 0.3) is 0 Å². The summed E-state index contributed by atoms with van der Waals surface area (Å²) in [5, 5.41) is 3.09. The smallest absolute Gasteiger partial charge is 0.224 e. The number of nitrogens with zero attached hydrogens (tertiary/aromatic N) is 1. The summed E-state index contributed by atoms with van der Waals surface area (Å²) >= 11 is 0. The first kappa shape index (κ1) is 18.0.